The van der Waals surface area contributed by atoms with Crippen LogP contribution in [0.25, 0.3) is 0 Å². The van der Waals surface area contributed by atoms with E-state index in [2.05, 4.69) is 12.1 Å². The van der Waals surface area contributed by atoms with E-state index in [-0.39, 0.29) is 6.09 Å². The Morgan fingerprint density at radius 1 is 1.37 bits per heavy atom. The largest absolute Gasteiger partial charge is 0.444 e. The molecule has 0 radical (unpaired) electrons. The molecule has 0 aromatic carbocycles. The molecule has 1 N–H and O–H groups in total. The molecule has 110 valence electrons. The summed E-state index contributed by atoms with van der Waals surface area (Å²) in [6.45, 7) is 9.02. The van der Waals surface area contributed by atoms with Gasteiger partial charge in [0.2, 0.25) is 0 Å². The van der Waals surface area contributed by atoms with Crippen LogP contribution in [-0.4, -0.2) is 40.6 Å². The number of hydrogen-bond donors (Lipinski definition) is 1. The zero-order valence-electron chi connectivity index (χ0n) is 12.5. The fraction of sp³-hybridized carbons (Fsp3) is 0.857. The van der Waals surface area contributed by atoms with Gasteiger partial charge >= 0.3 is 6.09 Å². The lowest BCUT2D eigenvalue weighted by Gasteiger charge is -2.33. The van der Waals surface area contributed by atoms with Gasteiger partial charge in [-0.05, 0) is 40.0 Å². The summed E-state index contributed by atoms with van der Waals surface area (Å²) in [7, 11) is 0. The van der Waals surface area contributed by atoms with Gasteiger partial charge in [0.15, 0.2) is 0 Å². The Morgan fingerprint density at radius 3 is 2.37 bits per heavy atom. The van der Waals surface area contributed by atoms with Crippen molar-refractivity contribution >= 4 is 11.8 Å². The number of carbonyl (C=O) groups is 1. The molecule has 19 heavy (non-hydrogen) atoms. The Morgan fingerprint density at radius 2 is 1.95 bits per heavy atom. The molecule has 1 fully saturated rings. The molecule has 0 bridgehead atoms. The molecule has 1 rings (SSSR count). The summed E-state index contributed by atoms with van der Waals surface area (Å²) >= 11 is 0. The standard InChI is InChI=1S/C14H26N2O3/c1-5-6-12(15-18)11-7-9-16(10-8-11)13(17)19-14(2,3)4/h11,18H,5-10H2,1-4H3. The monoisotopic (exact) mass is 270 g/mol. The van der Waals surface area contributed by atoms with E-state index in [1.54, 1.807) is 4.90 Å². The summed E-state index contributed by atoms with van der Waals surface area (Å²) in [5.41, 5.74) is 0.416. The first-order chi connectivity index (χ1) is 8.87. The fourth-order valence-corrected chi connectivity index (χ4v) is 2.31. The van der Waals surface area contributed by atoms with E-state index in [4.69, 9.17) is 9.94 Å². The van der Waals surface area contributed by atoms with Gasteiger partial charge in [0, 0.05) is 19.0 Å². The smallest absolute Gasteiger partial charge is 0.410 e. The predicted molar refractivity (Wildman–Crippen MR) is 74.7 cm³/mol. The van der Waals surface area contributed by atoms with Crippen molar-refractivity contribution in [1.82, 2.24) is 4.90 Å². The van der Waals surface area contributed by atoms with Crippen LogP contribution in [0.2, 0.25) is 0 Å². The molecular formula is C14H26N2O3. The van der Waals surface area contributed by atoms with Crippen LogP contribution in [0, 0.1) is 5.92 Å². The van der Waals surface area contributed by atoms with E-state index in [9.17, 15) is 4.79 Å². The van der Waals surface area contributed by atoms with E-state index in [1.165, 1.54) is 0 Å². The highest BCUT2D eigenvalue weighted by Gasteiger charge is 2.28. The number of nitrogens with zero attached hydrogens (tertiary/aromatic N) is 2. The van der Waals surface area contributed by atoms with E-state index in [0.29, 0.717) is 19.0 Å². The molecule has 1 aliphatic rings. The summed E-state index contributed by atoms with van der Waals surface area (Å²) in [5.74, 6) is 0.295. The third-order valence-electron chi connectivity index (χ3n) is 3.25. The van der Waals surface area contributed by atoms with Gasteiger partial charge in [-0.15, -0.1) is 0 Å². The molecule has 5 heteroatoms. The molecule has 1 saturated heterocycles. The molecule has 1 amide bonds. The summed E-state index contributed by atoms with van der Waals surface area (Å²) in [5, 5.41) is 12.4. The van der Waals surface area contributed by atoms with Crippen LogP contribution >= 0.6 is 0 Å². The number of oxime groups is 1. The van der Waals surface area contributed by atoms with E-state index >= 15 is 0 Å². The van der Waals surface area contributed by atoms with Crippen molar-refractivity contribution in [2.24, 2.45) is 11.1 Å². The topological polar surface area (TPSA) is 62.1 Å². The van der Waals surface area contributed by atoms with Gasteiger partial charge in [-0.2, -0.15) is 0 Å². The third-order valence-corrected chi connectivity index (χ3v) is 3.25. The van der Waals surface area contributed by atoms with Crippen LogP contribution < -0.4 is 0 Å². The average molecular weight is 270 g/mol. The van der Waals surface area contributed by atoms with Gasteiger partial charge in [-0.1, -0.05) is 18.5 Å². The lowest BCUT2D eigenvalue weighted by atomic mass is 9.90. The van der Waals surface area contributed by atoms with Crippen LogP contribution in [0.15, 0.2) is 5.16 Å². The van der Waals surface area contributed by atoms with Gasteiger partial charge in [-0.3, -0.25) is 0 Å². The first-order valence-electron chi connectivity index (χ1n) is 7.06. The van der Waals surface area contributed by atoms with Crippen LogP contribution in [-0.2, 0) is 4.74 Å². The second-order valence-electron chi connectivity index (χ2n) is 6.08. The summed E-state index contributed by atoms with van der Waals surface area (Å²) < 4.78 is 5.35. The zero-order valence-corrected chi connectivity index (χ0v) is 12.5. The molecule has 0 atom stereocenters. The van der Waals surface area contributed by atoms with Crippen LogP contribution in [0.3, 0.4) is 0 Å². The molecule has 0 aliphatic carbocycles. The number of rotatable bonds is 3. The number of ether oxygens (including phenoxy) is 1. The normalized spacial score (nSPS) is 18.5. The maximum absolute atomic E-state index is 11.9. The van der Waals surface area contributed by atoms with Gasteiger partial charge in [0.05, 0.1) is 5.71 Å². The van der Waals surface area contributed by atoms with Crippen molar-refractivity contribution in [3.63, 3.8) is 0 Å². The van der Waals surface area contributed by atoms with Crippen molar-refractivity contribution in [1.29, 1.82) is 0 Å². The number of likely N-dealkylation sites (tertiary alicyclic amines) is 1. The van der Waals surface area contributed by atoms with E-state index < -0.39 is 5.60 Å². The summed E-state index contributed by atoms with van der Waals surface area (Å²) in [4.78, 5) is 13.6. The Labute approximate surface area is 115 Å². The number of amides is 1. The first kappa shape index (κ1) is 15.8. The first-order valence-corrected chi connectivity index (χ1v) is 7.06. The molecule has 5 nitrogen and oxygen atoms in total. The molecule has 1 aliphatic heterocycles. The third kappa shape index (κ3) is 5.09. The second-order valence-corrected chi connectivity index (χ2v) is 6.08. The van der Waals surface area contributed by atoms with Crippen LogP contribution in [0.1, 0.15) is 53.4 Å². The fourth-order valence-electron chi connectivity index (χ4n) is 2.31. The maximum atomic E-state index is 11.9. The highest BCUT2D eigenvalue weighted by atomic mass is 16.6. The van der Waals surface area contributed by atoms with Gasteiger partial charge in [0.1, 0.15) is 5.60 Å². The quantitative estimate of drug-likeness (QED) is 0.486. The van der Waals surface area contributed by atoms with Crippen molar-refractivity contribution in [3.8, 4) is 0 Å². The number of hydrogen-bond acceptors (Lipinski definition) is 4. The van der Waals surface area contributed by atoms with Crippen LogP contribution in [0.5, 0.6) is 0 Å². The Hall–Kier alpha value is -1.26. The average Bonchev–Trinajstić information content (AvgIpc) is 2.34. The maximum Gasteiger partial charge on any atom is 0.410 e. The molecule has 0 spiro atoms. The molecule has 0 unspecified atom stereocenters. The number of carbonyl (C=O) groups excluding carboxylic acids is 1. The second kappa shape index (κ2) is 6.78. The molecule has 0 aromatic heterocycles. The van der Waals surface area contributed by atoms with Crippen molar-refractivity contribution < 1.29 is 14.7 Å². The predicted octanol–water partition coefficient (Wildman–Crippen LogP) is 3.26. The van der Waals surface area contributed by atoms with Crippen LogP contribution in [0.4, 0.5) is 4.79 Å². The Kier molecular flexibility index (Phi) is 5.63. The minimum absolute atomic E-state index is 0.246. The van der Waals surface area contributed by atoms with Gasteiger partial charge in [0.25, 0.3) is 0 Å². The lowest BCUT2D eigenvalue weighted by molar-refractivity contribution is 0.0201. The van der Waals surface area contributed by atoms with Crippen molar-refractivity contribution in [2.75, 3.05) is 13.1 Å². The van der Waals surface area contributed by atoms with E-state index in [1.807, 2.05) is 20.8 Å². The summed E-state index contributed by atoms with van der Waals surface area (Å²) in [6.07, 6.45) is 3.25. The Bertz CT molecular complexity index is 326. The lowest BCUT2D eigenvalue weighted by Crippen LogP contribution is -2.43. The minimum Gasteiger partial charge on any atom is -0.444 e. The molecule has 1 heterocycles. The highest BCUT2D eigenvalue weighted by Crippen LogP contribution is 2.22. The number of piperidine rings is 1. The molecular weight excluding hydrogens is 244 g/mol. The molecule has 0 aromatic rings. The molecule has 0 saturated carbocycles. The van der Waals surface area contributed by atoms with Gasteiger partial charge < -0.3 is 14.8 Å². The Balaban J connectivity index is 2.46. The SMILES string of the molecule is CCCC(=NO)C1CCN(C(=O)OC(C)(C)C)CC1. The van der Waals surface area contributed by atoms with E-state index in [0.717, 1.165) is 31.4 Å². The zero-order chi connectivity index (χ0) is 14.5. The van der Waals surface area contributed by atoms with Crippen molar-refractivity contribution in [3.05, 3.63) is 0 Å². The highest BCUT2D eigenvalue weighted by molar-refractivity contribution is 5.86. The summed E-state index contributed by atoms with van der Waals surface area (Å²) in [6, 6.07) is 0. The van der Waals surface area contributed by atoms with Crippen molar-refractivity contribution in [2.45, 2.75) is 59.0 Å². The minimum atomic E-state index is -0.451. The van der Waals surface area contributed by atoms with Gasteiger partial charge in [-0.25, -0.2) is 4.79 Å².